The molecule has 0 radical (unpaired) electrons. The average Bonchev–Trinajstić information content (AvgIpc) is 2.99. The van der Waals surface area contributed by atoms with Gasteiger partial charge in [-0.3, -0.25) is 4.79 Å². The molecule has 0 saturated carbocycles. The molecule has 2 aliphatic heterocycles. The van der Waals surface area contributed by atoms with Crippen LogP contribution in [-0.2, 0) is 14.8 Å². The van der Waals surface area contributed by atoms with Crippen molar-refractivity contribution in [1.82, 2.24) is 9.62 Å². The summed E-state index contributed by atoms with van der Waals surface area (Å²) in [6.07, 6.45) is 0.924. The zero-order valence-electron chi connectivity index (χ0n) is 14.6. The van der Waals surface area contributed by atoms with Gasteiger partial charge in [0.25, 0.3) is 0 Å². The number of hydrogen-bond donors (Lipinski definition) is 1. The summed E-state index contributed by atoms with van der Waals surface area (Å²) in [5.74, 6) is -0.0213. The van der Waals surface area contributed by atoms with E-state index in [1.54, 1.807) is 24.3 Å². The molecular formula is C19H20BrN3O3S. The lowest BCUT2D eigenvalue weighted by atomic mass is 9.86. The Morgan fingerprint density at radius 2 is 1.59 bits per heavy atom. The molecular weight excluding hydrogens is 430 g/mol. The van der Waals surface area contributed by atoms with Crippen molar-refractivity contribution in [2.24, 2.45) is 0 Å². The molecule has 1 spiro atoms. The van der Waals surface area contributed by atoms with Gasteiger partial charge in [0.2, 0.25) is 15.9 Å². The van der Waals surface area contributed by atoms with Crippen molar-refractivity contribution in [2.75, 3.05) is 24.7 Å². The van der Waals surface area contributed by atoms with Crippen LogP contribution < -0.4 is 10.2 Å². The molecule has 27 heavy (non-hydrogen) atoms. The van der Waals surface area contributed by atoms with Crippen molar-refractivity contribution < 1.29 is 13.2 Å². The molecule has 4 rings (SSSR count). The second-order valence-electron chi connectivity index (χ2n) is 6.82. The van der Waals surface area contributed by atoms with Crippen molar-refractivity contribution in [1.29, 1.82) is 0 Å². The van der Waals surface area contributed by atoms with E-state index in [0.29, 0.717) is 32.6 Å². The van der Waals surface area contributed by atoms with Crippen LogP contribution in [0.25, 0.3) is 0 Å². The van der Waals surface area contributed by atoms with E-state index in [2.05, 4.69) is 26.1 Å². The lowest BCUT2D eigenvalue weighted by molar-refractivity contribution is -0.124. The largest absolute Gasteiger partial charge is 0.339 e. The van der Waals surface area contributed by atoms with Crippen molar-refractivity contribution in [3.8, 4) is 0 Å². The summed E-state index contributed by atoms with van der Waals surface area (Å²) in [7, 11) is -3.56. The number of amides is 1. The van der Waals surface area contributed by atoms with Gasteiger partial charge in [0.1, 0.15) is 5.54 Å². The third-order valence-corrected chi connectivity index (χ3v) is 7.85. The Bertz CT molecular complexity index is 940. The topological polar surface area (TPSA) is 69.7 Å². The van der Waals surface area contributed by atoms with Gasteiger partial charge >= 0.3 is 0 Å². The Kier molecular flexibility index (Phi) is 4.73. The maximum Gasteiger partial charge on any atom is 0.247 e. The quantitative estimate of drug-likeness (QED) is 0.781. The maximum atomic E-state index is 12.9. The minimum absolute atomic E-state index is 0.0213. The SMILES string of the molecule is O=C1NCN(c2ccccc2)C12CCN(S(=O)(=O)c1ccc(Br)cc1)CC2. The van der Waals surface area contributed by atoms with Gasteiger partial charge < -0.3 is 10.2 Å². The minimum Gasteiger partial charge on any atom is -0.339 e. The summed E-state index contributed by atoms with van der Waals surface area (Å²) in [4.78, 5) is 15.0. The first-order chi connectivity index (χ1) is 12.9. The Morgan fingerprint density at radius 3 is 2.22 bits per heavy atom. The van der Waals surface area contributed by atoms with Crippen molar-refractivity contribution in [3.63, 3.8) is 0 Å². The van der Waals surface area contributed by atoms with E-state index in [4.69, 9.17) is 0 Å². The predicted molar refractivity (Wildman–Crippen MR) is 107 cm³/mol. The highest BCUT2D eigenvalue weighted by Crippen LogP contribution is 2.37. The van der Waals surface area contributed by atoms with Crippen molar-refractivity contribution in [2.45, 2.75) is 23.3 Å². The van der Waals surface area contributed by atoms with E-state index >= 15 is 0 Å². The van der Waals surface area contributed by atoms with Crippen molar-refractivity contribution >= 4 is 37.5 Å². The molecule has 0 atom stereocenters. The lowest BCUT2D eigenvalue weighted by Gasteiger charge is -2.42. The Hall–Kier alpha value is -1.90. The lowest BCUT2D eigenvalue weighted by Crippen LogP contribution is -2.57. The molecule has 6 nitrogen and oxygen atoms in total. The van der Waals surface area contributed by atoms with E-state index in [9.17, 15) is 13.2 Å². The van der Waals surface area contributed by atoms with Crippen LogP contribution in [0.4, 0.5) is 5.69 Å². The zero-order valence-corrected chi connectivity index (χ0v) is 17.0. The fraction of sp³-hybridized carbons (Fsp3) is 0.316. The van der Waals surface area contributed by atoms with Crippen LogP contribution in [0, 0.1) is 0 Å². The molecule has 0 unspecified atom stereocenters. The Morgan fingerprint density at radius 1 is 0.963 bits per heavy atom. The van der Waals surface area contributed by atoms with Crippen molar-refractivity contribution in [3.05, 3.63) is 59.1 Å². The van der Waals surface area contributed by atoms with E-state index in [1.807, 2.05) is 30.3 Å². The van der Waals surface area contributed by atoms with Gasteiger partial charge in [-0.05, 0) is 49.2 Å². The van der Waals surface area contributed by atoms with Crippen LogP contribution >= 0.6 is 15.9 Å². The number of hydrogen-bond acceptors (Lipinski definition) is 4. The number of benzene rings is 2. The molecule has 0 aliphatic carbocycles. The number of halogens is 1. The van der Waals surface area contributed by atoms with Gasteiger partial charge in [-0.15, -0.1) is 0 Å². The summed E-state index contributed by atoms with van der Waals surface area (Å²) in [5.41, 5.74) is 0.285. The number of anilines is 1. The predicted octanol–water partition coefficient (Wildman–Crippen LogP) is 2.57. The highest BCUT2D eigenvalue weighted by Gasteiger charge is 2.51. The Labute approximate surface area is 167 Å². The highest BCUT2D eigenvalue weighted by atomic mass is 79.9. The molecule has 2 saturated heterocycles. The minimum atomic E-state index is -3.56. The molecule has 8 heteroatoms. The van der Waals surface area contributed by atoms with E-state index < -0.39 is 15.6 Å². The number of carbonyl (C=O) groups is 1. The maximum absolute atomic E-state index is 12.9. The highest BCUT2D eigenvalue weighted by molar-refractivity contribution is 9.10. The third kappa shape index (κ3) is 3.15. The number of nitrogens with one attached hydrogen (secondary N) is 1. The second kappa shape index (κ2) is 6.92. The molecule has 2 aromatic carbocycles. The molecule has 1 amide bonds. The smallest absolute Gasteiger partial charge is 0.247 e. The molecule has 0 bridgehead atoms. The van der Waals surface area contributed by atoms with Gasteiger partial charge in [0, 0.05) is 23.2 Å². The first-order valence-electron chi connectivity index (χ1n) is 8.80. The molecule has 1 N–H and O–H groups in total. The summed E-state index contributed by atoms with van der Waals surface area (Å²) in [6, 6.07) is 16.4. The molecule has 142 valence electrons. The van der Waals surface area contributed by atoms with E-state index in [0.717, 1.165) is 10.2 Å². The van der Waals surface area contributed by atoms with Crippen LogP contribution in [0.3, 0.4) is 0 Å². The second-order valence-corrected chi connectivity index (χ2v) is 9.67. The molecule has 2 heterocycles. The number of piperidine rings is 1. The monoisotopic (exact) mass is 449 g/mol. The van der Waals surface area contributed by atoms with Gasteiger partial charge in [0.05, 0.1) is 11.6 Å². The molecule has 2 fully saturated rings. The first kappa shape index (κ1) is 18.5. The summed E-state index contributed by atoms with van der Waals surface area (Å²) in [6.45, 7) is 1.08. The first-order valence-corrected chi connectivity index (χ1v) is 11.0. The van der Waals surface area contributed by atoms with Crippen LogP contribution in [0.2, 0.25) is 0 Å². The standard InChI is InChI=1S/C19H20BrN3O3S/c20-15-6-8-17(9-7-15)27(25,26)22-12-10-19(11-13-22)18(24)21-14-23(19)16-4-2-1-3-5-16/h1-9H,10-14H2,(H,21,24). The molecule has 2 aliphatic rings. The number of rotatable bonds is 3. The van der Waals surface area contributed by atoms with E-state index in [1.165, 1.54) is 4.31 Å². The third-order valence-electron chi connectivity index (χ3n) is 5.41. The summed E-state index contributed by atoms with van der Waals surface area (Å²) in [5, 5.41) is 2.93. The Balaban J connectivity index is 1.57. The van der Waals surface area contributed by atoms with Gasteiger partial charge in [-0.25, -0.2) is 8.42 Å². The fourth-order valence-corrected chi connectivity index (χ4v) is 5.59. The normalized spacial score (nSPS) is 20.0. The van der Waals surface area contributed by atoms with Crippen LogP contribution in [-0.4, -0.2) is 43.9 Å². The summed E-state index contributed by atoms with van der Waals surface area (Å²) >= 11 is 3.33. The van der Waals surface area contributed by atoms with Gasteiger partial charge in [-0.1, -0.05) is 34.1 Å². The van der Waals surface area contributed by atoms with Crippen LogP contribution in [0.15, 0.2) is 64.0 Å². The zero-order chi connectivity index (χ0) is 19.1. The summed E-state index contributed by atoms with van der Waals surface area (Å²) < 4.78 is 28.2. The number of carbonyl (C=O) groups excluding carboxylic acids is 1. The fourth-order valence-electron chi connectivity index (χ4n) is 3.88. The van der Waals surface area contributed by atoms with Crippen LogP contribution in [0.1, 0.15) is 12.8 Å². The number of para-hydroxylation sites is 1. The molecule has 0 aromatic heterocycles. The van der Waals surface area contributed by atoms with Crippen LogP contribution in [0.5, 0.6) is 0 Å². The number of sulfonamides is 1. The van der Waals surface area contributed by atoms with Gasteiger partial charge in [0.15, 0.2) is 0 Å². The average molecular weight is 450 g/mol. The van der Waals surface area contributed by atoms with Gasteiger partial charge in [-0.2, -0.15) is 4.31 Å². The number of nitrogens with zero attached hydrogens (tertiary/aromatic N) is 2. The van der Waals surface area contributed by atoms with E-state index in [-0.39, 0.29) is 10.8 Å². The molecule has 2 aromatic rings.